The molecule has 3 aromatic rings. The van der Waals surface area contributed by atoms with Gasteiger partial charge in [0.15, 0.2) is 5.82 Å². The Kier molecular flexibility index (Phi) is 9.45. The van der Waals surface area contributed by atoms with Gasteiger partial charge >= 0.3 is 0 Å². The smallest absolute Gasteiger partial charge is 0.247 e. The first kappa shape index (κ1) is 30.4. The molecule has 11 heteroatoms. The van der Waals surface area contributed by atoms with Gasteiger partial charge < -0.3 is 25.0 Å². The predicted octanol–water partition coefficient (Wildman–Crippen LogP) is 4.52. The zero-order valence-electron chi connectivity index (χ0n) is 25.6. The van der Waals surface area contributed by atoms with Crippen LogP contribution in [0.3, 0.4) is 0 Å². The zero-order valence-corrected chi connectivity index (χ0v) is 25.6. The van der Waals surface area contributed by atoms with Crippen LogP contribution in [0.4, 0.5) is 28.7 Å². The van der Waals surface area contributed by atoms with E-state index >= 15 is 0 Å². The van der Waals surface area contributed by atoms with E-state index in [1.54, 1.807) is 12.2 Å². The lowest BCUT2D eigenvalue weighted by Gasteiger charge is -2.41. The van der Waals surface area contributed by atoms with Crippen LogP contribution in [0, 0.1) is 12.3 Å². The highest BCUT2D eigenvalue weighted by atomic mass is 16.7. The van der Waals surface area contributed by atoms with Crippen LogP contribution in [0.15, 0.2) is 61.4 Å². The summed E-state index contributed by atoms with van der Waals surface area (Å²) >= 11 is 0. The summed E-state index contributed by atoms with van der Waals surface area (Å²) in [5.41, 5.74) is 4.09. The Hall–Kier alpha value is -4.63. The Morgan fingerprint density at radius 3 is 2.64 bits per heavy atom. The average molecular weight is 610 g/mol. The number of hydroxylamine groups is 1. The summed E-state index contributed by atoms with van der Waals surface area (Å²) in [6.45, 7) is 9.49. The van der Waals surface area contributed by atoms with Gasteiger partial charge in [-0.05, 0) is 42.7 Å². The molecular formula is C34H39N7O4. The fraction of sp³-hybridized carbons (Fsp3) is 0.382. The molecule has 3 aliphatic rings. The number of aromatic nitrogens is 2. The lowest BCUT2D eigenvalue weighted by atomic mass is 10.0. The molecule has 1 atom stereocenters. The van der Waals surface area contributed by atoms with E-state index in [-0.39, 0.29) is 11.9 Å². The lowest BCUT2D eigenvalue weighted by Crippen LogP contribution is -2.49. The van der Waals surface area contributed by atoms with Gasteiger partial charge in [-0.25, -0.2) is 15.0 Å². The molecule has 6 rings (SSSR count). The van der Waals surface area contributed by atoms with Crippen molar-refractivity contribution in [2.75, 3.05) is 73.7 Å². The highest BCUT2D eigenvalue weighted by Gasteiger charge is 2.30. The fourth-order valence-electron chi connectivity index (χ4n) is 6.30. The number of nitrogens with zero attached hydrogens (tertiary/aromatic N) is 5. The first-order chi connectivity index (χ1) is 22.1. The van der Waals surface area contributed by atoms with E-state index in [2.05, 4.69) is 42.9 Å². The van der Waals surface area contributed by atoms with Crippen LogP contribution >= 0.6 is 0 Å². The molecule has 2 N–H and O–H groups in total. The van der Waals surface area contributed by atoms with Crippen molar-refractivity contribution in [3.8, 4) is 18.1 Å². The Balaban J connectivity index is 1.24. The van der Waals surface area contributed by atoms with Gasteiger partial charge in [-0.3, -0.25) is 14.5 Å². The summed E-state index contributed by atoms with van der Waals surface area (Å²) in [4.78, 5) is 32.3. The minimum atomic E-state index is -0.286. The summed E-state index contributed by atoms with van der Waals surface area (Å²) < 4.78 is 11.4. The van der Waals surface area contributed by atoms with E-state index in [0.29, 0.717) is 41.4 Å². The molecule has 3 fully saturated rings. The van der Waals surface area contributed by atoms with Crippen molar-refractivity contribution in [3.05, 3.63) is 72.6 Å². The number of methoxy groups -OCH3 is 1. The van der Waals surface area contributed by atoms with Crippen molar-refractivity contribution in [2.24, 2.45) is 0 Å². The molecule has 3 saturated heterocycles. The molecule has 45 heavy (non-hydrogen) atoms. The van der Waals surface area contributed by atoms with Gasteiger partial charge in [-0.1, -0.05) is 24.6 Å². The minimum absolute atomic E-state index is 0.0389. The number of amides is 1. The number of rotatable bonds is 9. The van der Waals surface area contributed by atoms with Crippen LogP contribution in [0.1, 0.15) is 36.4 Å². The van der Waals surface area contributed by atoms with E-state index in [9.17, 15) is 4.79 Å². The second kappa shape index (κ2) is 14.0. The summed E-state index contributed by atoms with van der Waals surface area (Å²) in [5, 5.41) is 8.18. The normalized spacial score (nSPS) is 19.2. The van der Waals surface area contributed by atoms with E-state index in [0.717, 1.165) is 75.5 Å². The number of anilines is 5. The Bertz CT molecular complexity index is 1560. The highest BCUT2D eigenvalue weighted by Crippen LogP contribution is 2.40. The van der Waals surface area contributed by atoms with Gasteiger partial charge in [0.1, 0.15) is 17.9 Å². The number of ether oxygens (including phenoxy) is 2. The Labute approximate surface area is 264 Å². The number of piperidine rings is 1. The molecule has 0 unspecified atom stereocenters. The summed E-state index contributed by atoms with van der Waals surface area (Å²) in [5.74, 6) is 4.20. The van der Waals surface area contributed by atoms with Crippen molar-refractivity contribution >= 4 is 34.6 Å². The number of carbonyl (C=O) groups excluding carboxylic acids is 1. The van der Waals surface area contributed by atoms with Crippen LogP contribution in [0.25, 0.3) is 0 Å². The van der Waals surface area contributed by atoms with Crippen LogP contribution in [0.2, 0.25) is 0 Å². The lowest BCUT2D eigenvalue weighted by molar-refractivity contribution is -0.111. The number of morpholine rings is 1. The number of hydrogen-bond donors (Lipinski definition) is 2. The highest BCUT2D eigenvalue weighted by molar-refractivity contribution is 6.02. The van der Waals surface area contributed by atoms with Gasteiger partial charge in [0.25, 0.3) is 0 Å². The third-order valence-electron chi connectivity index (χ3n) is 8.61. The van der Waals surface area contributed by atoms with Crippen molar-refractivity contribution < 1.29 is 19.1 Å². The number of nitrogens with one attached hydrogen (secondary N) is 2. The number of carbonyl (C=O) groups is 1. The average Bonchev–Trinajstić information content (AvgIpc) is 3.59. The van der Waals surface area contributed by atoms with Gasteiger partial charge in [0, 0.05) is 56.3 Å². The maximum absolute atomic E-state index is 12.5. The molecule has 234 valence electrons. The molecule has 0 bridgehead atoms. The Morgan fingerprint density at radius 1 is 1.07 bits per heavy atom. The molecule has 2 aromatic carbocycles. The molecule has 0 saturated carbocycles. The van der Waals surface area contributed by atoms with Gasteiger partial charge in [0.2, 0.25) is 5.91 Å². The first-order valence-corrected chi connectivity index (χ1v) is 15.4. The standard InChI is InChI=1S/C34H39N7O4/c1-4-24-7-6-8-25(19-24)29-11-16-45-41(29)33-22-32(35-23-36-33)37-28-20-27(38-34(42)5-2)30(21-31(28)43-3)40-12-9-26(10-13-40)39-14-17-44-18-15-39/h1,5-8,19-23,26,29H,2,9-18H2,3H3,(H,38,42)(H,35,36,37)/t29-/m1/s1. The number of hydrogen-bond acceptors (Lipinski definition) is 10. The molecule has 11 nitrogen and oxygen atoms in total. The van der Waals surface area contributed by atoms with Crippen LogP contribution in [-0.4, -0.2) is 79.9 Å². The molecule has 0 radical (unpaired) electrons. The molecule has 0 spiro atoms. The molecule has 0 aliphatic carbocycles. The first-order valence-electron chi connectivity index (χ1n) is 15.4. The van der Waals surface area contributed by atoms with Gasteiger partial charge in [-0.15, -0.1) is 6.42 Å². The van der Waals surface area contributed by atoms with E-state index < -0.39 is 0 Å². The van der Waals surface area contributed by atoms with Crippen molar-refractivity contribution in [1.82, 2.24) is 14.9 Å². The molecule has 1 aromatic heterocycles. The molecule has 4 heterocycles. The van der Waals surface area contributed by atoms with E-state index in [1.165, 1.54) is 12.4 Å². The Morgan fingerprint density at radius 2 is 1.89 bits per heavy atom. The van der Waals surface area contributed by atoms with Crippen molar-refractivity contribution in [1.29, 1.82) is 0 Å². The maximum Gasteiger partial charge on any atom is 0.247 e. The van der Waals surface area contributed by atoms with E-state index in [1.807, 2.05) is 42.5 Å². The number of terminal acetylenes is 1. The quantitative estimate of drug-likeness (QED) is 0.266. The second-order valence-corrected chi connectivity index (χ2v) is 11.2. The predicted molar refractivity (Wildman–Crippen MR) is 175 cm³/mol. The monoisotopic (exact) mass is 609 g/mol. The van der Waals surface area contributed by atoms with E-state index in [4.69, 9.17) is 20.7 Å². The maximum atomic E-state index is 12.5. The largest absolute Gasteiger partial charge is 0.494 e. The fourth-order valence-corrected chi connectivity index (χ4v) is 6.30. The summed E-state index contributed by atoms with van der Waals surface area (Å²) in [6, 6.07) is 14.1. The second-order valence-electron chi connectivity index (χ2n) is 11.2. The van der Waals surface area contributed by atoms with Crippen molar-refractivity contribution in [2.45, 2.75) is 31.3 Å². The van der Waals surface area contributed by atoms with Crippen molar-refractivity contribution in [3.63, 3.8) is 0 Å². The van der Waals surface area contributed by atoms with Crippen LogP contribution < -0.4 is 25.3 Å². The topological polar surface area (TPSA) is 104 Å². The number of benzene rings is 2. The molecule has 3 aliphatic heterocycles. The summed E-state index contributed by atoms with van der Waals surface area (Å²) in [6.07, 6.45) is 11.3. The van der Waals surface area contributed by atoms with Gasteiger partial charge in [-0.2, -0.15) is 0 Å². The van der Waals surface area contributed by atoms with Gasteiger partial charge in [0.05, 0.1) is 50.0 Å². The third kappa shape index (κ3) is 6.88. The van der Waals surface area contributed by atoms with Crippen LogP contribution in [0.5, 0.6) is 5.75 Å². The summed E-state index contributed by atoms with van der Waals surface area (Å²) in [7, 11) is 1.63. The molecule has 1 amide bonds. The third-order valence-corrected chi connectivity index (χ3v) is 8.61. The molecular weight excluding hydrogens is 570 g/mol. The van der Waals surface area contributed by atoms with Crippen LogP contribution in [-0.2, 0) is 14.4 Å². The SMILES string of the molecule is C#Cc1cccc([C@H]2CCON2c2cc(Nc3cc(NC(=O)C=C)c(N4CCC(N5CCOCC5)CC4)cc3OC)ncn2)c1. The minimum Gasteiger partial charge on any atom is -0.494 e. The zero-order chi connectivity index (χ0) is 31.2.